The number of aryl methyl sites for hydroxylation is 1. The molecule has 2 amide bonds. The van der Waals surface area contributed by atoms with Gasteiger partial charge in [0.2, 0.25) is 5.88 Å². The Hall–Kier alpha value is -1.82. The maximum Gasteiger partial charge on any atom is 0.321 e. The van der Waals surface area contributed by atoms with Gasteiger partial charge in [-0.2, -0.15) is 0 Å². The van der Waals surface area contributed by atoms with E-state index in [4.69, 9.17) is 4.74 Å². The van der Waals surface area contributed by atoms with Crippen molar-refractivity contribution in [2.45, 2.75) is 19.9 Å². The van der Waals surface area contributed by atoms with Crippen LogP contribution in [0.3, 0.4) is 0 Å². The molecule has 2 rings (SSSR count). The number of anilines is 1. The molecule has 1 aromatic heterocycles. The highest BCUT2D eigenvalue weighted by Crippen LogP contribution is 2.18. The fourth-order valence-corrected chi connectivity index (χ4v) is 2.08. The Morgan fingerprint density at radius 3 is 3.05 bits per heavy atom. The summed E-state index contributed by atoms with van der Waals surface area (Å²) in [7, 11) is 1.57. The van der Waals surface area contributed by atoms with Crippen LogP contribution in [0.2, 0.25) is 0 Å². The molecule has 2 N–H and O–H groups in total. The van der Waals surface area contributed by atoms with Gasteiger partial charge in [-0.15, -0.1) is 0 Å². The third kappa shape index (κ3) is 3.35. The van der Waals surface area contributed by atoms with Crippen molar-refractivity contribution in [3.63, 3.8) is 0 Å². The SMILES string of the molecule is COc1cc(C)c(NC(=O)N2CCNC(C)C2)cn1. The fraction of sp³-hybridized carbons (Fsp3) is 0.538. The van der Waals surface area contributed by atoms with Crippen molar-refractivity contribution in [2.75, 3.05) is 32.1 Å². The summed E-state index contributed by atoms with van der Waals surface area (Å²) in [5.41, 5.74) is 1.65. The van der Waals surface area contributed by atoms with Gasteiger partial charge in [0, 0.05) is 31.7 Å². The van der Waals surface area contributed by atoms with Gasteiger partial charge < -0.3 is 20.3 Å². The Bertz CT molecular complexity index is 464. The molecule has 1 atom stereocenters. The predicted molar refractivity (Wildman–Crippen MR) is 73.6 cm³/mol. The monoisotopic (exact) mass is 264 g/mol. The minimum Gasteiger partial charge on any atom is -0.481 e. The van der Waals surface area contributed by atoms with E-state index < -0.39 is 0 Å². The number of carbonyl (C=O) groups excluding carboxylic acids is 1. The first-order valence-electron chi connectivity index (χ1n) is 6.40. The lowest BCUT2D eigenvalue weighted by molar-refractivity contribution is 0.192. The van der Waals surface area contributed by atoms with E-state index >= 15 is 0 Å². The highest BCUT2D eigenvalue weighted by atomic mass is 16.5. The van der Waals surface area contributed by atoms with Crippen molar-refractivity contribution in [3.05, 3.63) is 17.8 Å². The number of rotatable bonds is 2. The second kappa shape index (κ2) is 5.88. The van der Waals surface area contributed by atoms with Crippen LogP contribution < -0.4 is 15.4 Å². The molecule has 1 fully saturated rings. The quantitative estimate of drug-likeness (QED) is 0.843. The van der Waals surface area contributed by atoms with Gasteiger partial charge in [0.05, 0.1) is 19.0 Å². The van der Waals surface area contributed by atoms with Crippen molar-refractivity contribution in [2.24, 2.45) is 0 Å². The zero-order valence-electron chi connectivity index (χ0n) is 11.6. The van der Waals surface area contributed by atoms with Crippen LogP contribution in [0.15, 0.2) is 12.3 Å². The molecule has 19 heavy (non-hydrogen) atoms. The third-order valence-corrected chi connectivity index (χ3v) is 3.19. The van der Waals surface area contributed by atoms with Crippen LogP contribution in [0.5, 0.6) is 5.88 Å². The lowest BCUT2D eigenvalue weighted by atomic mass is 10.2. The van der Waals surface area contributed by atoms with Crippen LogP contribution in [0, 0.1) is 6.92 Å². The molecular weight excluding hydrogens is 244 g/mol. The van der Waals surface area contributed by atoms with Crippen LogP contribution in [0.25, 0.3) is 0 Å². The van der Waals surface area contributed by atoms with Gasteiger partial charge in [-0.25, -0.2) is 9.78 Å². The first-order valence-corrected chi connectivity index (χ1v) is 6.40. The van der Waals surface area contributed by atoms with Crippen molar-refractivity contribution >= 4 is 11.7 Å². The first kappa shape index (κ1) is 13.6. The number of nitrogens with zero attached hydrogens (tertiary/aromatic N) is 2. The molecule has 1 aliphatic heterocycles. The van der Waals surface area contributed by atoms with E-state index in [0.29, 0.717) is 18.5 Å². The number of ether oxygens (including phenoxy) is 1. The Kier molecular flexibility index (Phi) is 4.21. The number of hydrogen-bond acceptors (Lipinski definition) is 4. The lowest BCUT2D eigenvalue weighted by Gasteiger charge is -2.32. The van der Waals surface area contributed by atoms with Crippen LogP contribution >= 0.6 is 0 Å². The summed E-state index contributed by atoms with van der Waals surface area (Å²) in [5, 5.41) is 6.20. The summed E-state index contributed by atoms with van der Waals surface area (Å²) >= 11 is 0. The summed E-state index contributed by atoms with van der Waals surface area (Å²) in [6, 6.07) is 2.05. The second-order valence-corrected chi connectivity index (χ2v) is 4.77. The van der Waals surface area contributed by atoms with Gasteiger partial charge >= 0.3 is 6.03 Å². The number of carbonyl (C=O) groups is 1. The molecule has 0 spiro atoms. The maximum absolute atomic E-state index is 12.1. The van der Waals surface area contributed by atoms with Crippen LogP contribution in [-0.2, 0) is 0 Å². The molecule has 6 nitrogen and oxygen atoms in total. The topological polar surface area (TPSA) is 66.5 Å². The first-order chi connectivity index (χ1) is 9.10. The normalized spacial score (nSPS) is 19.1. The standard InChI is InChI=1S/C13H20N4O2/c1-9-6-12(19-3)15-7-11(9)16-13(18)17-5-4-14-10(2)8-17/h6-7,10,14H,4-5,8H2,1-3H3,(H,16,18). The average molecular weight is 264 g/mol. The lowest BCUT2D eigenvalue weighted by Crippen LogP contribution is -2.52. The highest BCUT2D eigenvalue weighted by Gasteiger charge is 2.20. The van der Waals surface area contributed by atoms with Gasteiger partial charge in [0.1, 0.15) is 0 Å². The van der Waals surface area contributed by atoms with Crippen molar-refractivity contribution in [3.8, 4) is 5.88 Å². The summed E-state index contributed by atoms with van der Waals surface area (Å²) in [5.74, 6) is 0.547. The third-order valence-electron chi connectivity index (χ3n) is 3.19. The Morgan fingerprint density at radius 2 is 2.42 bits per heavy atom. The zero-order chi connectivity index (χ0) is 13.8. The summed E-state index contributed by atoms with van der Waals surface area (Å²) in [4.78, 5) is 18.1. The Balaban J connectivity index is 2.02. The molecule has 1 aromatic rings. The van der Waals surface area contributed by atoms with Crippen LogP contribution in [-0.4, -0.2) is 48.7 Å². The maximum atomic E-state index is 12.1. The molecule has 1 saturated heterocycles. The molecule has 0 bridgehead atoms. The molecule has 0 radical (unpaired) electrons. The van der Waals surface area contributed by atoms with E-state index in [9.17, 15) is 4.79 Å². The molecule has 2 heterocycles. The van der Waals surface area contributed by atoms with E-state index in [1.54, 1.807) is 19.4 Å². The summed E-state index contributed by atoms with van der Waals surface area (Å²) < 4.78 is 5.04. The number of methoxy groups -OCH3 is 1. The van der Waals surface area contributed by atoms with E-state index in [1.807, 2.05) is 11.8 Å². The molecule has 0 saturated carbocycles. The highest BCUT2D eigenvalue weighted by molar-refractivity contribution is 5.90. The predicted octanol–water partition coefficient (Wildman–Crippen LogP) is 1.22. The summed E-state index contributed by atoms with van der Waals surface area (Å²) in [6.45, 7) is 6.25. The van der Waals surface area contributed by atoms with Crippen molar-refractivity contribution < 1.29 is 9.53 Å². The van der Waals surface area contributed by atoms with E-state index in [-0.39, 0.29) is 6.03 Å². The van der Waals surface area contributed by atoms with Gasteiger partial charge in [-0.3, -0.25) is 0 Å². The number of hydrogen-bond donors (Lipinski definition) is 2. The van der Waals surface area contributed by atoms with Gasteiger partial charge in [0.25, 0.3) is 0 Å². The molecule has 1 aliphatic rings. The Morgan fingerprint density at radius 1 is 1.63 bits per heavy atom. The number of aromatic nitrogens is 1. The smallest absolute Gasteiger partial charge is 0.321 e. The second-order valence-electron chi connectivity index (χ2n) is 4.77. The number of amides is 2. The van der Waals surface area contributed by atoms with Gasteiger partial charge in [-0.1, -0.05) is 0 Å². The number of pyridine rings is 1. The minimum absolute atomic E-state index is 0.0802. The zero-order valence-corrected chi connectivity index (χ0v) is 11.6. The van der Waals surface area contributed by atoms with E-state index in [0.717, 1.165) is 24.3 Å². The fourth-order valence-electron chi connectivity index (χ4n) is 2.08. The molecule has 0 aliphatic carbocycles. The molecule has 104 valence electrons. The largest absolute Gasteiger partial charge is 0.481 e. The minimum atomic E-state index is -0.0802. The van der Waals surface area contributed by atoms with E-state index in [2.05, 4.69) is 22.5 Å². The van der Waals surface area contributed by atoms with Crippen LogP contribution in [0.1, 0.15) is 12.5 Å². The number of urea groups is 1. The number of nitrogens with one attached hydrogen (secondary N) is 2. The van der Waals surface area contributed by atoms with Gasteiger partial charge in [-0.05, 0) is 19.4 Å². The number of piperazine rings is 1. The van der Waals surface area contributed by atoms with Crippen LogP contribution in [0.4, 0.5) is 10.5 Å². The summed E-state index contributed by atoms with van der Waals surface area (Å²) in [6.07, 6.45) is 1.62. The molecule has 1 unspecified atom stereocenters. The van der Waals surface area contributed by atoms with Crippen molar-refractivity contribution in [1.29, 1.82) is 0 Å². The molecule has 0 aromatic carbocycles. The molecule has 6 heteroatoms. The Labute approximate surface area is 113 Å². The average Bonchev–Trinajstić information content (AvgIpc) is 2.41. The molecular formula is C13H20N4O2. The van der Waals surface area contributed by atoms with Gasteiger partial charge in [0.15, 0.2) is 0 Å². The van der Waals surface area contributed by atoms with E-state index in [1.165, 1.54) is 0 Å². The van der Waals surface area contributed by atoms with Crippen molar-refractivity contribution in [1.82, 2.24) is 15.2 Å².